The fourth-order valence-electron chi connectivity index (χ4n) is 3.44. The molecule has 4 rings (SSSR count). The molecule has 1 aliphatic carbocycles. The van der Waals surface area contributed by atoms with E-state index in [1.54, 1.807) is 0 Å². The molecule has 1 aliphatic rings. The van der Waals surface area contributed by atoms with Crippen molar-refractivity contribution in [3.63, 3.8) is 0 Å². The van der Waals surface area contributed by atoms with Crippen LogP contribution in [0.15, 0.2) is 91.0 Å². The maximum absolute atomic E-state index is 11.2. The number of aliphatic hydroxyl groups excluding tert-OH is 1. The average molecular weight is 379 g/mol. The number of aliphatic hydroxyl groups is 1. The van der Waals surface area contributed by atoms with Crippen molar-refractivity contribution in [2.24, 2.45) is 0 Å². The van der Waals surface area contributed by atoms with E-state index in [0.29, 0.717) is 5.92 Å². The molecule has 2 heteroatoms. The number of hydrogen-bond acceptors (Lipinski definition) is 1. The van der Waals surface area contributed by atoms with Crippen LogP contribution in [0.25, 0.3) is 0 Å². The Morgan fingerprint density at radius 1 is 0.792 bits per heavy atom. The molecule has 1 fully saturated rings. The van der Waals surface area contributed by atoms with Crippen molar-refractivity contribution in [1.29, 1.82) is 0 Å². The van der Waals surface area contributed by atoms with Gasteiger partial charge in [0.2, 0.25) is 0 Å². The van der Waals surface area contributed by atoms with Crippen LogP contribution in [0.1, 0.15) is 29.6 Å². The predicted octanol–water partition coefficient (Wildman–Crippen LogP) is 4.10. The summed E-state index contributed by atoms with van der Waals surface area (Å²) >= 11 is 0.226. The third-order valence-electron chi connectivity index (χ3n) is 4.78. The van der Waals surface area contributed by atoms with E-state index in [4.69, 9.17) is 0 Å². The molecule has 1 unspecified atom stereocenters. The van der Waals surface area contributed by atoms with E-state index in [1.165, 1.54) is 10.0 Å². The number of benzene rings is 3. The van der Waals surface area contributed by atoms with Gasteiger partial charge in [0, 0.05) is 0 Å². The molecule has 1 N–H and O–H groups in total. The summed E-state index contributed by atoms with van der Waals surface area (Å²) in [4.78, 5) is 0. The monoisotopic (exact) mass is 380 g/mol. The van der Waals surface area contributed by atoms with Crippen LogP contribution in [0.4, 0.5) is 0 Å². The summed E-state index contributed by atoms with van der Waals surface area (Å²) in [7, 11) is 0. The van der Waals surface area contributed by atoms with Crippen molar-refractivity contribution >= 4 is 19.4 Å². The summed E-state index contributed by atoms with van der Waals surface area (Å²) < 4.78 is 1.32. The van der Waals surface area contributed by atoms with Crippen LogP contribution in [0.3, 0.4) is 0 Å². The van der Waals surface area contributed by atoms with Crippen molar-refractivity contribution in [3.05, 3.63) is 102 Å². The standard InChI is InChI=1S/C22H20OSe/c23-21(18-12-6-2-7-13-18)22(24-19-14-8-3-9-15-19)16-20(22)17-10-4-1-5-11-17/h1-15,20-21,23H,16H2/t20-,21?,22-/m1/s1. The Hall–Kier alpha value is -1.86. The molecule has 1 nitrogen and oxygen atoms in total. The maximum atomic E-state index is 11.2. The molecule has 0 heterocycles. The van der Waals surface area contributed by atoms with Gasteiger partial charge in [0.05, 0.1) is 0 Å². The molecule has 0 bridgehead atoms. The Kier molecular flexibility index (Phi) is 4.28. The summed E-state index contributed by atoms with van der Waals surface area (Å²) in [6.45, 7) is 0. The van der Waals surface area contributed by atoms with Crippen LogP contribution in [-0.2, 0) is 0 Å². The summed E-state index contributed by atoms with van der Waals surface area (Å²) in [6, 6.07) is 31.4. The van der Waals surface area contributed by atoms with Crippen LogP contribution in [0, 0.1) is 0 Å². The van der Waals surface area contributed by atoms with E-state index in [0.717, 1.165) is 12.0 Å². The first-order chi connectivity index (χ1) is 11.8. The number of rotatable bonds is 5. The van der Waals surface area contributed by atoms with Crippen LogP contribution in [0.5, 0.6) is 0 Å². The Bertz CT molecular complexity index is 788. The first-order valence-electron chi connectivity index (χ1n) is 8.32. The van der Waals surface area contributed by atoms with Crippen molar-refractivity contribution in [1.82, 2.24) is 0 Å². The van der Waals surface area contributed by atoms with E-state index in [9.17, 15) is 5.11 Å². The fourth-order valence-corrected chi connectivity index (χ4v) is 6.61. The second-order valence-corrected chi connectivity index (χ2v) is 9.36. The van der Waals surface area contributed by atoms with Gasteiger partial charge in [0.15, 0.2) is 0 Å². The van der Waals surface area contributed by atoms with E-state index < -0.39 is 6.10 Å². The summed E-state index contributed by atoms with van der Waals surface area (Å²) in [5.41, 5.74) is 2.39. The zero-order valence-corrected chi connectivity index (χ0v) is 15.1. The van der Waals surface area contributed by atoms with Crippen LogP contribution in [-0.4, -0.2) is 20.1 Å². The SMILES string of the molecule is OC(c1ccccc1)[C@@]1([Se]c2ccccc2)C[C@@H]1c1ccccc1. The zero-order chi connectivity index (χ0) is 16.4. The second kappa shape index (κ2) is 6.56. The van der Waals surface area contributed by atoms with Crippen LogP contribution in [0.2, 0.25) is 4.31 Å². The van der Waals surface area contributed by atoms with Crippen molar-refractivity contribution in [2.75, 3.05) is 0 Å². The summed E-state index contributed by atoms with van der Waals surface area (Å²) in [5, 5.41) is 11.2. The Balaban J connectivity index is 1.69. The quantitative estimate of drug-likeness (QED) is 0.662. The molecule has 3 aromatic carbocycles. The molecule has 1 saturated carbocycles. The minimum atomic E-state index is -0.413. The molecule has 0 saturated heterocycles. The zero-order valence-electron chi connectivity index (χ0n) is 13.4. The van der Waals surface area contributed by atoms with Gasteiger partial charge < -0.3 is 0 Å². The molecular formula is C22H20OSe. The van der Waals surface area contributed by atoms with Gasteiger partial charge in [-0.05, 0) is 0 Å². The summed E-state index contributed by atoms with van der Waals surface area (Å²) in [6.07, 6.45) is 0.645. The van der Waals surface area contributed by atoms with Gasteiger partial charge in [-0.2, -0.15) is 0 Å². The molecule has 0 spiro atoms. The van der Waals surface area contributed by atoms with Crippen molar-refractivity contribution < 1.29 is 5.11 Å². The first-order valence-corrected chi connectivity index (χ1v) is 10.0. The van der Waals surface area contributed by atoms with Gasteiger partial charge in [-0.15, -0.1) is 0 Å². The van der Waals surface area contributed by atoms with Crippen molar-refractivity contribution in [3.8, 4) is 0 Å². The van der Waals surface area contributed by atoms with E-state index in [1.807, 2.05) is 30.3 Å². The van der Waals surface area contributed by atoms with Crippen LogP contribution < -0.4 is 4.46 Å². The van der Waals surface area contributed by atoms with Gasteiger partial charge >= 0.3 is 149 Å². The third kappa shape index (κ3) is 2.93. The average Bonchev–Trinajstić information content (AvgIpc) is 3.39. The Morgan fingerprint density at radius 3 is 1.96 bits per heavy atom. The molecule has 3 aromatic rings. The van der Waals surface area contributed by atoms with E-state index in [2.05, 4.69) is 60.7 Å². The van der Waals surface area contributed by atoms with Gasteiger partial charge in [-0.3, -0.25) is 0 Å². The van der Waals surface area contributed by atoms with E-state index in [-0.39, 0.29) is 19.3 Å². The van der Waals surface area contributed by atoms with Crippen molar-refractivity contribution in [2.45, 2.75) is 22.8 Å². The second-order valence-electron chi connectivity index (χ2n) is 6.35. The third-order valence-corrected chi connectivity index (χ3v) is 8.06. The predicted molar refractivity (Wildman–Crippen MR) is 99.7 cm³/mol. The molecule has 120 valence electrons. The first kappa shape index (κ1) is 15.7. The molecular weight excluding hydrogens is 359 g/mol. The molecule has 24 heavy (non-hydrogen) atoms. The van der Waals surface area contributed by atoms with Gasteiger partial charge in [0.1, 0.15) is 0 Å². The topological polar surface area (TPSA) is 20.2 Å². The Labute approximate surface area is 149 Å². The minimum absolute atomic E-state index is 0.0446. The molecule has 3 atom stereocenters. The van der Waals surface area contributed by atoms with E-state index >= 15 is 0 Å². The number of hydrogen-bond donors (Lipinski definition) is 1. The van der Waals surface area contributed by atoms with Gasteiger partial charge in [0.25, 0.3) is 0 Å². The Morgan fingerprint density at radius 2 is 1.33 bits per heavy atom. The molecule has 0 amide bonds. The van der Waals surface area contributed by atoms with Gasteiger partial charge in [-0.25, -0.2) is 0 Å². The molecule has 0 aromatic heterocycles. The van der Waals surface area contributed by atoms with Gasteiger partial charge in [-0.1, -0.05) is 0 Å². The molecule has 0 radical (unpaired) electrons. The fraction of sp³-hybridized carbons (Fsp3) is 0.182. The normalized spacial score (nSPS) is 23.6. The summed E-state index contributed by atoms with van der Waals surface area (Å²) in [5.74, 6) is 0.439. The van der Waals surface area contributed by atoms with Crippen LogP contribution >= 0.6 is 0 Å². The molecule has 0 aliphatic heterocycles.